The molecule has 3 rings (SSSR count). The average molecular weight is 374 g/mol. The fourth-order valence-electron chi connectivity index (χ4n) is 2.67. The number of hydrazone groups is 1. The van der Waals surface area contributed by atoms with Gasteiger partial charge in [-0.3, -0.25) is 5.43 Å². The van der Waals surface area contributed by atoms with Crippen LogP contribution in [0.2, 0.25) is 0 Å². The normalized spacial score (nSPS) is 10.8. The van der Waals surface area contributed by atoms with Crippen molar-refractivity contribution in [1.29, 1.82) is 0 Å². The van der Waals surface area contributed by atoms with E-state index < -0.39 is 5.97 Å². The third-order valence-corrected chi connectivity index (χ3v) is 4.30. The van der Waals surface area contributed by atoms with Gasteiger partial charge < -0.3 is 9.84 Å². The number of benzene rings is 3. The van der Waals surface area contributed by atoms with Crippen LogP contribution in [-0.4, -0.2) is 17.3 Å². The SMILES string of the molecule is Cc1ccc(C)c(COc2cccc(C=NNc3ccc(C(=O)O)cc3)c2)c1. The molecule has 28 heavy (non-hydrogen) atoms. The fourth-order valence-corrected chi connectivity index (χ4v) is 2.67. The zero-order chi connectivity index (χ0) is 19.9. The highest BCUT2D eigenvalue weighted by Gasteiger charge is 2.02. The lowest BCUT2D eigenvalue weighted by atomic mass is 10.1. The van der Waals surface area contributed by atoms with Gasteiger partial charge in [0.15, 0.2) is 0 Å². The number of nitrogens with one attached hydrogen (secondary N) is 1. The number of hydrogen-bond acceptors (Lipinski definition) is 4. The van der Waals surface area contributed by atoms with Gasteiger partial charge in [0.1, 0.15) is 12.4 Å². The molecule has 3 aromatic rings. The number of aromatic carboxylic acids is 1. The summed E-state index contributed by atoms with van der Waals surface area (Å²) >= 11 is 0. The highest BCUT2D eigenvalue weighted by atomic mass is 16.5. The smallest absolute Gasteiger partial charge is 0.335 e. The van der Waals surface area contributed by atoms with Crippen LogP contribution in [0.4, 0.5) is 5.69 Å². The number of nitrogens with zero attached hydrogens (tertiary/aromatic N) is 1. The summed E-state index contributed by atoms with van der Waals surface area (Å²) in [5.74, 6) is -0.177. The molecule has 0 bridgehead atoms. The van der Waals surface area contributed by atoms with Gasteiger partial charge in [-0.25, -0.2) is 4.79 Å². The molecule has 5 heteroatoms. The lowest BCUT2D eigenvalue weighted by Gasteiger charge is -2.10. The molecule has 3 aromatic carbocycles. The Labute approximate surface area is 164 Å². The third-order valence-electron chi connectivity index (χ3n) is 4.30. The topological polar surface area (TPSA) is 70.9 Å². The number of rotatable bonds is 7. The Morgan fingerprint density at radius 3 is 2.61 bits per heavy atom. The summed E-state index contributed by atoms with van der Waals surface area (Å²) in [4.78, 5) is 10.9. The summed E-state index contributed by atoms with van der Waals surface area (Å²) in [7, 11) is 0. The van der Waals surface area contributed by atoms with Crippen molar-refractivity contribution in [3.8, 4) is 5.75 Å². The average Bonchev–Trinajstić information content (AvgIpc) is 2.69. The van der Waals surface area contributed by atoms with Gasteiger partial charge in [0.25, 0.3) is 0 Å². The molecule has 0 saturated carbocycles. The lowest BCUT2D eigenvalue weighted by Crippen LogP contribution is -1.99. The monoisotopic (exact) mass is 374 g/mol. The van der Waals surface area contributed by atoms with E-state index in [4.69, 9.17) is 9.84 Å². The quantitative estimate of drug-likeness (QED) is 0.450. The number of aryl methyl sites for hydroxylation is 2. The molecule has 0 aliphatic rings. The molecule has 0 aliphatic heterocycles. The van der Waals surface area contributed by atoms with Crippen molar-refractivity contribution in [1.82, 2.24) is 0 Å². The minimum Gasteiger partial charge on any atom is -0.489 e. The molecule has 142 valence electrons. The predicted molar refractivity (Wildman–Crippen MR) is 111 cm³/mol. The first-order valence-electron chi connectivity index (χ1n) is 8.93. The molecular formula is C23H22N2O3. The van der Waals surface area contributed by atoms with Crippen LogP contribution in [0.1, 0.15) is 32.6 Å². The highest BCUT2D eigenvalue weighted by molar-refractivity contribution is 5.88. The van der Waals surface area contributed by atoms with Crippen molar-refractivity contribution in [2.24, 2.45) is 5.10 Å². The number of ether oxygens (including phenoxy) is 1. The largest absolute Gasteiger partial charge is 0.489 e. The van der Waals surface area contributed by atoms with Crippen molar-refractivity contribution in [3.63, 3.8) is 0 Å². The summed E-state index contributed by atoms with van der Waals surface area (Å²) in [5, 5.41) is 13.1. The van der Waals surface area contributed by atoms with Crippen LogP contribution in [0.5, 0.6) is 5.75 Å². The van der Waals surface area contributed by atoms with Crippen LogP contribution in [0.15, 0.2) is 71.8 Å². The summed E-state index contributed by atoms with van der Waals surface area (Å²) in [6.07, 6.45) is 1.69. The summed E-state index contributed by atoms with van der Waals surface area (Å²) in [5.41, 5.74) is 8.33. The second kappa shape index (κ2) is 8.86. The van der Waals surface area contributed by atoms with Gasteiger partial charge in [0, 0.05) is 0 Å². The molecule has 0 spiro atoms. The molecule has 0 amide bonds. The first-order chi connectivity index (χ1) is 13.5. The van der Waals surface area contributed by atoms with Crippen LogP contribution >= 0.6 is 0 Å². The Kier molecular flexibility index (Phi) is 6.07. The number of hydrogen-bond donors (Lipinski definition) is 2. The Hall–Kier alpha value is -3.60. The first kappa shape index (κ1) is 19.2. The van der Waals surface area contributed by atoms with E-state index in [1.54, 1.807) is 18.3 Å². The van der Waals surface area contributed by atoms with E-state index in [2.05, 4.69) is 42.6 Å². The minimum atomic E-state index is -0.951. The van der Waals surface area contributed by atoms with Crippen molar-refractivity contribution < 1.29 is 14.6 Å². The zero-order valence-corrected chi connectivity index (χ0v) is 15.8. The van der Waals surface area contributed by atoms with E-state index in [9.17, 15) is 4.79 Å². The van der Waals surface area contributed by atoms with Crippen LogP contribution in [0.3, 0.4) is 0 Å². The molecule has 0 aromatic heterocycles. The maximum absolute atomic E-state index is 10.9. The van der Waals surface area contributed by atoms with Gasteiger partial charge in [-0.05, 0) is 66.9 Å². The number of anilines is 1. The van der Waals surface area contributed by atoms with E-state index in [0.717, 1.165) is 11.3 Å². The summed E-state index contributed by atoms with van der Waals surface area (Å²) < 4.78 is 5.93. The maximum Gasteiger partial charge on any atom is 0.335 e. The molecule has 0 heterocycles. The van der Waals surface area contributed by atoms with Crippen LogP contribution < -0.4 is 10.2 Å². The number of carbonyl (C=O) groups is 1. The maximum atomic E-state index is 10.9. The molecular weight excluding hydrogens is 352 g/mol. The van der Waals surface area contributed by atoms with Crippen LogP contribution in [-0.2, 0) is 6.61 Å². The Morgan fingerprint density at radius 2 is 1.86 bits per heavy atom. The van der Waals surface area contributed by atoms with Gasteiger partial charge in [-0.2, -0.15) is 5.10 Å². The Bertz CT molecular complexity index is 995. The second-order valence-electron chi connectivity index (χ2n) is 6.54. The van der Waals surface area contributed by atoms with Crippen molar-refractivity contribution in [3.05, 3.63) is 94.5 Å². The van der Waals surface area contributed by atoms with Crippen LogP contribution in [0, 0.1) is 13.8 Å². The van der Waals surface area contributed by atoms with E-state index >= 15 is 0 Å². The first-order valence-corrected chi connectivity index (χ1v) is 8.93. The third kappa shape index (κ3) is 5.20. The zero-order valence-electron chi connectivity index (χ0n) is 15.8. The standard InChI is InChI=1S/C23H22N2O3/c1-16-6-7-17(2)20(12-16)15-28-22-5-3-4-18(13-22)14-24-25-21-10-8-19(9-11-21)23(26)27/h3-14,25H,15H2,1-2H3,(H,26,27). The Morgan fingerprint density at radius 1 is 1.07 bits per heavy atom. The lowest BCUT2D eigenvalue weighted by molar-refractivity contribution is 0.0697. The van der Waals surface area contributed by atoms with Gasteiger partial charge in [-0.1, -0.05) is 35.9 Å². The molecule has 0 aliphatic carbocycles. The fraction of sp³-hybridized carbons (Fsp3) is 0.130. The molecule has 0 atom stereocenters. The number of carboxylic acids is 1. The van der Waals surface area contributed by atoms with Gasteiger partial charge in [-0.15, -0.1) is 0 Å². The van der Waals surface area contributed by atoms with E-state index in [-0.39, 0.29) is 5.56 Å². The van der Waals surface area contributed by atoms with Gasteiger partial charge in [0.2, 0.25) is 0 Å². The molecule has 0 saturated heterocycles. The molecule has 2 N–H and O–H groups in total. The second-order valence-corrected chi connectivity index (χ2v) is 6.54. The van der Waals surface area contributed by atoms with Crippen molar-refractivity contribution >= 4 is 17.9 Å². The molecule has 0 unspecified atom stereocenters. The summed E-state index contributed by atoms with van der Waals surface area (Å²) in [6.45, 7) is 4.67. The Balaban J connectivity index is 1.60. The van der Waals surface area contributed by atoms with Crippen molar-refractivity contribution in [2.75, 3.05) is 5.43 Å². The molecule has 5 nitrogen and oxygen atoms in total. The minimum absolute atomic E-state index is 0.239. The molecule has 0 fully saturated rings. The van der Waals surface area contributed by atoms with Gasteiger partial charge in [0.05, 0.1) is 17.5 Å². The van der Waals surface area contributed by atoms with Crippen molar-refractivity contribution in [2.45, 2.75) is 20.5 Å². The van der Waals surface area contributed by atoms with E-state index in [1.807, 2.05) is 24.3 Å². The van der Waals surface area contributed by atoms with E-state index in [1.165, 1.54) is 28.8 Å². The van der Waals surface area contributed by atoms with Crippen LogP contribution in [0.25, 0.3) is 0 Å². The number of carboxylic acid groups (broad SMARTS) is 1. The predicted octanol–water partition coefficient (Wildman–Crippen LogP) is 5.03. The highest BCUT2D eigenvalue weighted by Crippen LogP contribution is 2.17. The van der Waals surface area contributed by atoms with Gasteiger partial charge >= 0.3 is 5.97 Å². The van der Waals surface area contributed by atoms with E-state index in [0.29, 0.717) is 12.3 Å². The molecule has 0 radical (unpaired) electrons. The summed E-state index contributed by atoms with van der Waals surface area (Å²) in [6, 6.07) is 20.4.